The average Bonchev–Trinajstić information content (AvgIpc) is 3.25. The zero-order chi connectivity index (χ0) is 19.1. The Morgan fingerprint density at radius 3 is 2.30 bits per heavy atom. The largest absolute Gasteiger partial charge is 0.493 e. The Balaban J connectivity index is 1.40. The van der Waals surface area contributed by atoms with Gasteiger partial charge in [-0.3, -0.25) is 9.59 Å². The van der Waals surface area contributed by atoms with Gasteiger partial charge in [-0.05, 0) is 62.8 Å². The van der Waals surface area contributed by atoms with Crippen LogP contribution in [0.2, 0.25) is 0 Å². The summed E-state index contributed by atoms with van der Waals surface area (Å²) >= 11 is 0. The summed E-state index contributed by atoms with van der Waals surface area (Å²) in [7, 11) is 0. The fraction of sp³-hybridized carbons (Fsp3) is 0.619. The molecule has 0 N–H and O–H groups in total. The lowest BCUT2D eigenvalue weighted by Gasteiger charge is -2.31. The molecule has 0 aromatic heterocycles. The van der Waals surface area contributed by atoms with Crippen LogP contribution in [0.1, 0.15) is 43.0 Å². The van der Waals surface area contributed by atoms with Crippen molar-refractivity contribution in [3.05, 3.63) is 29.8 Å². The first-order valence-electron chi connectivity index (χ1n) is 10.0. The van der Waals surface area contributed by atoms with E-state index < -0.39 is 0 Å². The van der Waals surface area contributed by atoms with Gasteiger partial charge in [0.05, 0.1) is 6.61 Å². The number of benzene rings is 1. The van der Waals surface area contributed by atoms with Gasteiger partial charge in [0.25, 0.3) is 5.91 Å². The van der Waals surface area contributed by atoms with E-state index in [2.05, 4.69) is 0 Å². The van der Waals surface area contributed by atoms with Crippen LogP contribution in [0.15, 0.2) is 24.3 Å². The van der Waals surface area contributed by atoms with E-state index in [4.69, 9.17) is 9.47 Å². The van der Waals surface area contributed by atoms with Crippen LogP contribution >= 0.6 is 0 Å². The van der Waals surface area contributed by atoms with Gasteiger partial charge < -0.3 is 19.3 Å². The van der Waals surface area contributed by atoms with Gasteiger partial charge in [-0.1, -0.05) is 0 Å². The van der Waals surface area contributed by atoms with Crippen molar-refractivity contribution in [3.8, 4) is 5.75 Å². The van der Waals surface area contributed by atoms with E-state index in [-0.39, 0.29) is 18.4 Å². The van der Waals surface area contributed by atoms with Crippen LogP contribution in [0, 0.1) is 5.92 Å². The van der Waals surface area contributed by atoms with Crippen molar-refractivity contribution in [2.24, 2.45) is 5.92 Å². The molecule has 2 amide bonds. The molecule has 0 spiro atoms. The van der Waals surface area contributed by atoms with Gasteiger partial charge in [0.1, 0.15) is 12.4 Å². The van der Waals surface area contributed by atoms with E-state index in [1.54, 1.807) is 0 Å². The molecule has 2 saturated heterocycles. The lowest BCUT2D eigenvalue weighted by molar-refractivity contribution is -0.137. The Bertz CT molecular complexity index is 618. The summed E-state index contributed by atoms with van der Waals surface area (Å²) in [6.07, 6.45) is 4.10. The van der Waals surface area contributed by atoms with E-state index in [9.17, 15) is 9.59 Å². The molecule has 3 rings (SSSR count). The Labute approximate surface area is 161 Å². The van der Waals surface area contributed by atoms with E-state index >= 15 is 0 Å². The number of ether oxygens (including phenoxy) is 2. The minimum absolute atomic E-state index is 0.0782. The summed E-state index contributed by atoms with van der Waals surface area (Å²) in [6.45, 7) is 6.55. The fourth-order valence-electron chi connectivity index (χ4n) is 3.64. The number of piperidine rings is 1. The van der Waals surface area contributed by atoms with Crippen molar-refractivity contribution in [2.45, 2.75) is 32.6 Å². The monoisotopic (exact) mass is 374 g/mol. The molecule has 0 bridgehead atoms. The van der Waals surface area contributed by atoms with E-state index in [1.807, 2.05) is 41.0 Å². The van der Waals surface area contributed by atoms with Gasteiger partial charge in [-0.2, -0.15) is 0 Å². The number of amides is 2. The van der Waals surface area contributed by atoms with Crippen molar-refractivity contribution in [2.75, 3.05) is 46.0 Å². The molecule has 0 atom stereocenters. The molecule has 0 radical (unpaired) electrons. The van der Waals surface area contributed by atoms with Gasteiger partial charge in [0.2, 0.25) is 5.91 Å². The lowest BCUT2D eigenvalue weighted by Crippen LogP contribution is -2.41. The number of nitrogens with zero attached hydrogens (tertiary/aromatic N) is 2. The van der Waals surface area contributed by atoms with Crippen molar-refractivity contribution >= 4 is 11.8 Å². The standard InChI is InChI=1S/C21H30N2O4/c1-2-26-16-20(24)22-13-9-17(10-14-22)15-27-19-7-5-18(6-8-19)21(25)23-11-3-4-12-23/h5-8,17H,2-4,9-16H2,1H3. The molecular weight excluding hydrogens is 344 g/mol. The SMILES string of the molecule is CCOCC(=O)N1CCC(COc2ccc(C(=O)N3CCCC3)cc2)CC1. The molecule has 0 aliphatic carbocycles. The molecule has 1 aromatic carbocycles. The van der Waals surface area contributed by atoms with E-state index in [0.29, 0.717) is 19.1 Å². The first kappa shape index (κ1) is 19.7. The van der Waals surface area contributed by atoms with E-state index in [1.165, 1.54) is 0 Å². The number of carbonyl (C=O) groups excluding carboxylic acids is 2. The van der Waals surface area contributed by atoms with Crippen molar-refractivity contribution < 1.29 is 19.1 Å². The minimum atomic E-state index is 0.0782. The molecule has 6 heteroatoms. The number of likely N-dealkylation sites (tertiary alicyclic amines) is 2. The molecule has 2 aliphatic rings. The molecule has 0 saturated carbocycles. The number of hydrogen-bond acceptors (Lipinski definition) is 4. The lowest BCUT2D eigenvalue weighted by atomic mass is 9.98. The predicted octanol–water partition coefficient (Wildman–Crippen LogP) is 2.58. The number of rotatable bonds is 7. The highest BCUT2D eigenvalue weighted by atomic mass is 16.5. The van der Waals surface area contributed by atoms with Gasteiger partial charge in [-0.15, -0.1) is 0 Å². The second-order valence-electron chi connectivity index (χ2n) is 7.30. The van der Waals surface area contributed by atoms with Crippen LogP contribution in [-0.2, 0) is 9.53 Å². The summed E-state index contributed by atoms with van der Waals surface area (Å²) < 4.78 is 11.1. The molecule has 2 fully saturated rings. The second-order valence-corrected chi connectivity index (χ2v) is 7.30. The zero-order valence-corrected chi connectivity index (χ0v) is 16.2. The molecule has 148 valence electrons. The zero-order valence-electron chi connectivity index (χ0n) is 16.2. The quantitative estimate of drug-likeness (QED) is 0.736. The summed E-state index contributed by atoms with van der Waals surface area (Å²) in [6, 6.07) is 7.46. The average molecular weight is 374 g/mol. The highest BCUT2D eigenvalue weighted by Gasteiger charge is 2.23. The van der Waals surface area contributed by atoms with Crippen LogP contribution in [0.5, 0.6) is 5.75 Å². The summed E-state index contributed by atoms with van der Waals surface area (Å²) in [5.74, 6) is 1.44. The Hall–Kier alpha value is -2.08. The topological polar surface area (TPSA) is 59.1 Å². The summed E-state index contributed by atoms with van der Waals surface area (Å²) in [5, 5.41) is 0. The first-order chi connectivity index (χ1) is 13.2. The highest BCUT2D eigenvalue weighted by Crippen LogP contribution is 2.21. The van der Waals surface area contributed by atoms with Crippen LogP contribution in [0.25, 0.3) is 0 Å². The third-order valence-electron chi connectivity index (χ3n) is 5.38. The van der Waals surface area contributed by atoms with Crippen molar-refractivity contribution in [1.29, 1.82) is 0 Å². The van der Waals surface area contributed by atoms with Gasteiger partial charge >= 0.3 is 0 Å². The van der Waals surface area contributed by atoms with Crippen molar-refractivity contribution in [1.82, 2.24) is 9.80 Å². The smallest absolute Gasteiger partial charge is 0.253 e. The maximum absolute atomic E-state index is 12.4. The predicted molar refractivity (Wildman–Crippen MR) is 103 cm³/mol. The normalized spacial score (nSPS) is 18.0. The maximum Gasteiger partial charge on any atom is 0.253 e. The van der Waals surface area contributed by atoms with Gasteiger partial charge in [0, 0.05) is 38.3 Å². The van der Waals surface area contributed by atoms with Crippen LogP contribution in [0.4, 0.5) is 0 Å². The molecule has 6 nitrogen and oxygen atoms in total. The van der Waals surface area contributed by atoms with Crippen LogP contribution in [0.3, 0.4) is 0 Å². The second kappa shape index (κ2) is 9.74. The Kier molecular flexibility index (Phi) is 7.10. The fourth-order valence-corrected chi connectivity index (χ4v) is 3.64. The van der Waals surface area contributed by atoms with Crippen molar-refractivity contribution in [3.63, 3.8) is 0 Å². The molecule has 2 heterocycles. The molecule has 0 unspecified atom stereocenters. The van der Waals surface area contributed by atoms with Crippen LogP contribution in [-0.4, -0.2) is 67.6 Å². The third kappa shape index (κ3) is 5.45. The van der Waals surface area contributed by atoms with E-state index in [0.717, 1.165) is 63.2 Å². The summed E-state index contributed by atoms with van der Waals surface area (Å²) in [4.78, 5) is 28.1. The van der Waals surface area contributed by atoms with Crippen LogP contribution < -0.4 is 4.74 Å². The Morgan fingerprint density at radius 1 is 1.00 bits per heavy atom. The third-order valence-corrected chi connectivity index (χ3v) is 5.38. The number of hydrogen-bond donors (Lipinski definition) is 0. The molecular formula is C21H30N2O4. The summed E-state index contributed by atoms with van der Waals surface area (Å²) in [5.41, 5.74) is 0.727. The highest BCUT2D eigenvalue weighted by molar-refractivity contribution is 5.94. The molecule has 27 heavy (non-hydrogen) atoms. The number of carbonyl (C=O) groups is 2. The Morgan fingerprint density at radius 2 is 1.67 bits per heavy atom. The van der Waals surface area contributed by atoms with Gasteiger partial charge in [0.15, 0.2) is 0 Å². The molecule has 2 aliphatic heterocycles. The maximum atomic E-state index is 12.4. The minimum Gasteiger partial charge on any atom is -0.493 e. The first-order valence-corrected chi connectivity index (χ1v) is 10.0. The molecule has 1 aromatic rings. The van der Waals surface area contributed by atoms with Gasteiger partial charge in [-0.25, -0.2) is 0 Å².